The normalized spacial score (nSPS) is 13.5. The number of hydrogen-bond acceptors (Lipinski definition) is 3. The van der Waals surface area contributed by atoms with Gasteiger partial charge in [0.15, 0.2) is 0 Å². The Balaban J connectivity index is 3.52. The molecule has 0 rings (SSSR count). The quantitative estimate of drug-likeness (QED) is 0.0421. The number of rotatable bonds is 49. The van der Waals surface area contributed by atoms with Gasteiger partial charge in [-0.1, -0.05) is 266 Å². The van der Waals surface area contributed by atoms with Gasteiger partial charge in [0.1, 0.15) is 0 Å². The summed E-state index contributed by atoms with van der Waals surface area (Å²) in [5, 5.41) is 23.1. The molecule has 2 unspecified atom stereocenters. The molecule has 0 bridgehead atoms. The van der Waals surface area contributed by atoms with E-state index in [1.165, 1.54) is 180 Å². The maximum absolute atomic E-state index is 12.5. The first-order valence-electron chi connectivity index (χ1n) is 27.3. The van der Waals surface area contributed by atoms with Crippen molar-refractivity contribution in [3.8, 4) is 0 Å². The minimum atomic E-state index is -0.865. The molecule has 2 atom stereocenters. The van der Waals surface area contributed by atoms with E-state index in [4.69, 9.17) is 0 Å². The molecule has 63 heavy (non-hydrogen) atoms. The molecule has 0 fully saturated rings. The minimum absolute atomic E-state index is 0.0738. The molecule has 0 heterocycles. The average Bonchev–Trinajstić information content (AvgIpc) is 3.29. The highest BCUT2D eigenvalue weighted by molar-refractivity contribution is 5.76. The van der Waals surface area contributed by atoms with Crippen molar-refractivity contribution in [2.75, 3.05) is 6.61 Å². The highest BCUT2D eigenvalue weighted by atomic mass is 16.3. The highest BCUT2D eigenvalue weighted by Crippen LogP contribution is 2.16. The van der Waals surface area contributed by atoms with Crippen LogP contribution in [0.3, 0.4) is 0 Å². The van der Waals surface area contributed by atoms with Crippen molar-refractivity contribution in [1.29, 1.82) is 0 Å². The molecule has 0 aliphatic heterocycles. The summed E-state index contributed by atoms with van der Waals surface area (Å²) >= 11 is 0. The van der Waals surface area contributed by atoms with E-state index in [1.54, 1.807) is 6.08 Å². The zero-order valence-electron chi connectivity index (χ0n) is 41.8. The molecule has 0 radical (unpaired) electrons. The van der Waals surface area contributed by atoms with Gasteiger partial charge in [0.05, 0.1) is 18.8 Å². The fourth-order valence-corrected chi connectivity index (χ4v) is 7.99. The Morgan fingerprint density at radius 3 is 1.11 bits per heavy atom. The molecule has 0 aliphatic rings. The summed E-state index contributed by atoms with van der Waals surface area (Å²) in [6, 6.07) is -0.642. The van der Waals surface area contributed by atoms with Crippen LogP contribution >= 0.6 is 0 Å². The van der Waals surface area contributed by atoms with E-state index >= 15 is 0 Å². The van der Waals surface area contributed by atoms with Crippen molar-refractivity contribution in [2.24, 2.45) is 0 Å². The van der Waals surface area contributed by atoms with E-state index in [2.05, 4.69) is 92.1 Å². The highest BCUT2D eigenvalue weighted by Gasteiger charge is 2.17. The maximum atomic E-state index is 12.5. The maximum Gasteiger partial charge on any atom is 0.220 e. The van der Waals surface area contributed by atoms with Gasteiger partial charge >= 0.3 is 0 Å². The van der Waals surface area contributed by atoms with Crippen molar-refractivity contribution in [2.45, 2.75) is 276 Å². The number of allylic oxidation sites excluding steroid dienone is 13. The van der Waals surface area contributed by atoms with Crippen LogP contribution in [0, 0.1) is 0 Å². The molecule has 0 aromatic carbocycles. The zero-order valence-corrected chi connectivity index (χ0v) is 41.8. The van der Waals surface area contributed by atoms with Crippen LogP contribution in [0.1, 0.15) is 264 Å². The fraction of sp³-hybridized carbons (Fsp3) is 0.746. The second kappa shape index (κ2) is 53.9. The third-order valence-corrected chi connectivity index (χ3v) is 12.1. The van der Waals surface area contributed by atoms with E-state index in [0.717, 1.165) is 64.2 Å². The third-order valence-electron chi connectivity index (χ3n) is 12.1. The number of aliphatic hydroxyl groups is 2. The number of aliphatic hydroxyl groups excluding tert-OH is 2. The Bertz CT molecular complexity index is 1130. The first-order valence-corrected chi connectivity index (χ1v) is 27.3. The molecule has 4 nitrogen and oxygen atoms in total. The summed E-state index contributed by atoms with van der Waals surface area (Å²) in [5.74, 6) is -0.0738. The van der Waals surface area contributed by atoms with Crippen LogP contribution in [0.25, 0.3) is 0 Å². The molecular formula is C59H105NO3. The van der Waals surface area contributed by atoms with Crippen molar-refractivity contribution >= 4 is 5.91 Å². The summed E-state index contributed by atoms with van der Waals surface area (Å²) in [4.78, 5) is 12.5. The van der Waals surface area contributed by atoms with Gasteiger partial charge in [-0.05, 0) is 77.0 Å². The van der Waals surface area contributed by atoms with Crippen LogP contribution in [0.15, 0.2) is 85.1 Å². The molecule has 4 heteroatoms. The van der Waals surface area contributed by atoms with Gasteiger partial charge in [0, 0.05) is 6.42 Å². The zero-order chi connectivity index (χ0) is 45.6. The summed E-state index contributed by atoms with van der Waals surface area (Å²) in [6.07, 6.45) is 78.8. The largest absolute Gasteiger partial charge is 0.394 e. The second-order valence-corrected chi connectivity index (χ2v) is 18.3. The third kappa shape index (κ3) is 50.4. The van der Waals surface area contributed by atoms with Gasteiger partial charge in [-0.2, -0.15) is 0 Å². The van der Waals surface area contributed by atoms with Crippen LogP contribution in [-0.4, -0.2) is 34.9 Å². The summed E-state index contributed by atoms with van der Waals surface area (Å²) in [6.45, 7) is 4.19. The van der Waals surface area contributed by atoms with Gasteiger partial charge < -0.3 is 15.5 Å². The van der Waals surface area contributed by atoms with Gasteiger partial charge in [0.2, 0.25) is 5.91 Å². The Labute approximate surface area is 392 Å². The summed E-state index contributed by atoms with van der Waals surface area (Å²) < 4.78 is 0. The number of hydrogen-bond donors (Lipinski definition) is 3. The van der Waals surface area contributed by atoms with Crippen molar-refractivity contribution in [1.82, 2.24) is 5.32 Å². The lowest BCUT2D eigenvalue weighted by Gasteiger charge is -2.19. The number of carbonyl (C=O) groups is 1. The monoisotopic (exact) mass is 876 g/mol. The number of amides is 1. The van der Waals surface area contributed by atoms with Crippen LogP contribution in [-0.2, 0) is 4.79 Å². The van der Waals surface area contributed by atoms with Gasteiger partial charge in [-0.25, -0.2) is 0 Å². The Hall–Kier alpha value is -2.43. The minimum Gasteiger partial charge on any atom is -0.394 e. The summed E-state index contributed by atoms with van der Waals surface area (Å²) in [7, 11) is 0. The predicted octanol–water partition coefficient (Wildman–Crippen LogP) is 18.0. The fourth-order valence-electron chi connectivity index (χ4n) is 7.99. The van der Waals surface area contributed by atoms with Gasteiger partial charge in [-0.3, -0.25) is 4.79 Å². The smallest absolute Gasteiger partial charge is 0.220 e. The lowest BCUT2D eigenvalue weighted by atomic mass is 10.0. The first kappa shape index (κ1) is 60.6. The van der Waals surface area contributed by atoms with E-state index in [9.17, 15) is 15.0 Å². The molecule has 0 aliphatic carbocycles. The molecule has 0 aromatic heterocycles. The molecule has 1 amide bonds. The lowest BCUT2D eigenvalue weighted by molar-refractivity contribution is -0.123. The Morgan fingerprint density at radius 2 is 0.714 bits per heavy atom. The molecular weight excluding hydrogens is 771 g/mol. The number of unbranched alkanes of at least 4 members (excludes halogenated alkanes) is 30. The van der Waals surface area contributed by atoms with Gasteiger partial charge in [0.25, 0.3) is 0 Å². The molecule has 0 aromatic rings. The first-order chi connectivity index (χ1) is 31.2. The van der Waals surface area contributed by atoms with Crippen LogP contribution in [0.2, 0.25) is 0 Å². The lowest BCUT2D eigenvalue weighted by Crippen LogP contribution is -2.45. The molecule has 3 N–H and O–H groups in total. The molecule has 0 saturated heterocycles. The second-order valence-electron chi connectivity index (χ2n) is 18.3. The number of nitrogens with one attached hydrogen (secondary N) is 1. The van der Waals surface area contributed by atoms with E-state index in [1.807, 2.05) is 6.08 Å². The molecule has 364 valence electrons. The standard InChI is InChI=1S/C59H105NO3/c1-3-5-7-9-11-13-15-17-19-21-23-24-25-26-27-28-29-30-31-32-33-34-35-36-37-39-41-43-45-47-49-51-53-55-59(63)60-57(56-61)58(62)54-52-50-48-46-44-42-40-38-22-20-18-16-14-12-10-8-6-4-2/h5,7,11,13,17,19,23-24,26-27,44,46,52,54,57-58,61-62H,3-4,6,8-10,12,14-16,18,20-22,25,28-43,45,47-51,53,55-56H2,1-2H3,(H,60,63)/b7-5-,13-11-,19-17-,24-23-,27-26-,46-44+,54-52+. The van der Waals surface area contributed by atoms with Crippen molar-refractivity contribution in [3.05, 3.63) is 85.1 Å². The summed E-state index contributed by atoms with van der Waals surface area (Å²) in [5.41, 5.74) is 0. The predicted molar refractivity (Wildman–Crippen MR) is 280 cm³/mol. The Morgan fingerprint density at radius 1 is 0.397 bits per heavy atom. The Kier molecular flexibility index (Phi) is 51.8. The van der Waals surface area contributed by atoms with Crippen molar-refractivity contribution < 1.29 is 15.0 Å². The van der Waals surface area contributed by atoms with Gasteiger partial charge in [-0.15, -0.1) is 0 Å². The average molecular weight is 876 g/mol. The number of carbonyl (C=O) groups excluding carboxylic acids is 1. The topological polar surface area (TPSA) is 69.6 Å². The van der Waals surface area contributed by atoms with Crippen LogP contribution in [0.5, 0.6) is 0 Å². The van der Waals surface area contributed by atoms with E-state index in [0.29, 0.717) is 6.42 Å². The molecule has 0 saturated carbocycles. The van der Waals surface area contributed by atoms with Crippen LogP contribution in [0.4, 0.5) is 0 Å². The van der Waals surface area contributed by atoms with E-state index < -0.39 is 12.1 Å². The SMILES string of the molecule is CC/C=C\C/C=C\C/C=C\C/C=C\C/C=C\CCCCCCCCCCCCCCCCCCCC(=O)NC(CO)C(O)/C=C/CC/C=C/CCCCCCCCCCCCCC. The van der Waals surface area contributed by atoms with E-state index in [-0.39, 0.29) is 12.5 Å². The van der Waals surface area contributed by atoms with Crippen molar-refractivity contribution in [3.63, 3.8) is 0 Å². The van der Waals surface area contributed by atoms with Crippen LogP contribution < -0.4 is 5.32 Å². The molecule has 0 spiro atoms.